The van der Waals surface area contributed by atoms with E-state index in [0.29, 0.717) is 6.42 Å². The van der Waals surface area contributed by atoms with E-state index in [4.69, 9.17) is 0 Å². The van der Waals surface area contributed by atoms with Crippen molar-refractivity contribution < 1.29 is 4.79 Å². The van der Waals surface area contributed by atoms with Crippen molar-refractivity contribution in [3.05, 3.63) is 71.4 Å². The Hall–Kier alpha value is -2.59. The fourth-order valence-corrected chi connectivity index (χ4v) is 3.99. The minimum Gasteiger partial charge on any atom is -0.358 e. The zero-order valence-electron chi connectivity index (χ0n) is 15.4. The van der Waals surface area contributed by atoms with Crippen LogP contribution in [0.4, 0.5) is 0 Å². The average Bonchev–Trinajstić information content (AvgIpc) is 2.98. The van der Waals surface area contributed by atoms with Crippen LogP contribution in [0.15, 0.2) is 54.6 Å². The van der Waals surface area contributed by atoms with Crippen LogP contribution in [-0.4, -0.2) is 47.4 Å². The smallest absolute Gasteiger partial charge is 0.227 e. The fourth-order valence-electron chi connectivity index (χ4n) is 3.99. The van der Waals surface area contributed by atoms with Crippen molar-refractivity contribution in [3.63, 3.8) is 0 Å². The highest BCUT2D eigenvalue weighted by molar-refractivity contribution is 5.90. The number of rotatable bonds is 3. The number of benzene rings is 2. The monoisotopic (exact) mass is 347 g/mol. The van der Waals surface area contributed by atoms with Gasteiger partial charge in [-0.3, -0.25) is 4.79 Å². The zero-order chi connectivity index (χ0) is 18.1. The minimum atomic E-state index is 0.118. The number of hydrogen-bond acceptors (Lipinski definition) is 2. The summed E-state index contributed by atoms with van der Waals surface area (Å²) in [5, 5.41) is 1.16. The molecular weight excluding hydrogens is 322 g/mol. The molecule has 1 amide bonds. The number of para-hydroxylation sites is 1. The molecular formula is C22H25N3O. The van der Waals surface area contributed by atoms with Gasteiger partial charge in [-0.1, -0.05) is 48.5 Å². The summed E-state index contributed by atoms with van der Waals surface area (Å²) in [4.78, 5) is 21.0. The molecule has 26 heavy (non-hydrogen) atoms. The summed E-state index contributed by atoms with van der Waals surface area (Å²) >= 11 is 0. The Morgan fingerprint density at radius 2 is 1.81 bits per heavy atom. The van der Waals surface area contributed by atoms with Crippen molar-refractivity contribution in [3.8, 4) is 0 Å². The van der Waals surface area contributed by atoms with Crippen LogP contribution in [0.25, 0.3) is 10.9 Å². The van der Waals surface area contributed by atoms with E-state index < -0.39 is 0 Å². The molecule has 0 radical (unpaired) electrons. The highest BCUT2D eigenvalue weighted by Gasteiger charge is 2.30. The van der Waals surface area contributed by atoms with E-state index in [0.717, 1.165) is 41.8 Å². The van der Waals surface area contributed by atoms with Crippen molar-refractivity contribution >= 4 is 16.8 Å². The molecule has 4 heteroatoms. The van der Waals surface area contributed by atoms with E-state index in [1.807, 2.05) is 18.2 Å². The molecule has 1 saturated heterocycles. The number of aryl methyl sites for hydroxylation is 1. The topological polar surface area (TPSA) is 39.3 Å². The van der Waals surface area contributed by atoms with Crippen LogP contribution < -0.4 is 0 Å². The molecule has 2 heterocycles. The Morgan fingerprint density at radius 1 is 1.08 bits per heavy atom. The number of carbonyl (C=O) groups excluding carboxylic acids is 1. The third-order valence-electron chi connectivity index (χ3n) is 5.44. The first-order valence-corrected chi connectivity index (χ1v) is 9.22. The van der Waals surface area contributed by atoms with Crippen LogP contribution in [0.3, 0.4) is 0 Å². The first-order valence-electron chi connectivity index (χ1n) is 9.22. The van der Waals surface area contributed by atoms with Gasteiger partial charge in [0.05, 0.1) is 12.5 Å². The molecule has 1 N–H and O–H groups in total. The van der Waals surface area contributed by atoms with Crippen LogP contribution in [0.5, 0.6) is 0 Å². The number of likely N-dealkylation sites (N-methyl/N-ethyl adjacent to an activating group) is 1. The number of piperazine rings is 1. The number of hydrogen-bond donors (Lipinski definition) is 1. The number of aromatic amines is 1. The molecule has 3 aromatic rings. The summed E-state index contributed by atoms with van der Waals surface area (Å²) in [7, 11) is 2.13. The zero-order valence-corrected chi connectivity index (χ0v) is 15.4. The van der Waals surface area contributed by atoms with Gasteiger partial charge in [0.25, 0.3) is 0 Å². The van der Waals surface area contributed by atoms with Crippen LogP contribution in [-0.2, 0) is 11.2 Å². The van der Waals surface area contributed by atoms with Gasteiger partial charge in [0.2, 0.25) is 5.91 Å². The van der Waals surface area contributed by atoms with Gasteiger partial charge in [-0.25, -0.2) is 0 Å². The average molecular weight is 347 g/mol. The van der Waals surface area contributed by atoms with Gasteiger partial charge in [-0.2, -0.15) is 0 Å². The molecule has 1 aliphatic rings. The summed E-state index contributed by atoms with van der Waals surface area (Å²) in [5.41, 5.74) is 4.52. The normalized spacial score (nSPS) is 18.4. The number of fused-ring (bicyclic) bond motifs is 1. The molecule has 134 valence electrons. The Labute approximate surface area is 154 Å². The van der Waals surface area contributed by atoms with Gasteiger partial charge in [0.1, 0.15) is 0 Å². The van der Waals surface area contributed by atoms with Crippen molar-refractivity contribution in [2.24, 2.45) is 0 Å². The molecule has 0 bridgehead atoms. The number of aromatic nitrogens is 1. The second kappa shape index (κ2) is 6.96. The van der Waals surface area contributed by atoms with Gasteiger partial charge in [-0.15, -0.1) is 0 Å². The molecule has 4 rings (SSSR count). The second-order valence-electron chi connectivity index (χ2n) is 7.23. The predicted octanol–water partition coefficient (Wildman–Crippen LogP) is 3.53. The highest BCUT2D eigenvalue weighted by atomic mass is 16.2. The third-order valence-corrected chi connectivity index (χ3v) is 5.44. The van der Waals surface area contributed by atoms with Crippen molar-refractivity contribution in [2.45, 2.75) is 19.4 Å². The molecule has 1 unspecified atom stereocenters. The number of carbonyl (C=O) groups is 1. The summed E-state index contributed by atoms with van der Waals surface area (Å²) in [6.45, 7) is 4.63. The Morgan fingerprint density at radius 3 is 2.62 bits per heavy atom. The minimum absolute atomic E-state index is 0.118. The molecule has 1 atom stereocenters. The van der Waals surface area contributed by atoms with Gasteiger partial charge in [-0.05, 0) is 31.2 Å². The van der Waals surface area contributed by atoms with Gasteiger partial charge < -0.3 is 14.8 Å². The van der Waals surface area contributed by atoms with Gasteiger partial charge in [0, 0.05) is 36.2 Å². The molecule has 2 aromatic carbocycles. The largest absolute Gasteiger partial charge is 0.358 e. The van der Waals surface area contributed by atoms with E-state index in [1.54, 1.807) is 0 Å². The van der Waals surface area contributed by atoms with Gasteiger partial charge in [0.15, 0.2) is 0 Å². The first kappa shape index (κ1) is 16.9. The van der Waals surface area contributed by atoms with E-state index in [-0.39, 0.29) is 11.9 Å². The molecule has 1 aliphatic heterocycles. The SMILES string of the molecule is Cc1[nH]c2ccccc2c1CC(=O)N1CCN(C)CC1c1ccccc1. The standard InChI is InChI=1S/C22H25N3O/c1-16-19(18-10-6-7-11-20(18)23-16)14-22(26)25-13-12-24(2)15-21(25)17-8-4-3-5-9-17/h3-11,21,23H,12-15H2,1-2H3. The maximum atomic E-state index is 13.2. The number of H-pyrrole nitrogens is 1. The lowest BCUT2D eigenvalue weighted by molar-refractivity contribution is -0.135. The van der Waals surface area contributed by atoms with E-state index in [1.165, 1.54) is 5.56 Å². The van der Waals surface area contributed by atoms with E-state index in [9.17, 15) is 4.79 Å². The highest BCUT2D eigenvalue weighted by Crippen LogP contribution is 2.28. The maximum absolute atomic E-state index is 13.2. The van der Waals surface area contributed by atoms with Crippen molar-refractivity contribution in [2.75, 3.05) is 26.7 Å². The van der Waals surface area contributed by atoms with Crippen LogP contribution in [0.1, 0.15) is 22.9 Å². The van der Waals surface area contributed by atoms with Crippen molar-refractivity contribution in [1.82, 2.24) is 14.8 Å². The molecule has 1 aromatic heterocycles. The van der Waals surface area contributed by atoms with Crippen LogP contribution in [0, 0.1) is 6.92 Å². The quantitative estimate of drug-likeness (QED) is 0.787. The van der Waals surface area contributed by atoms with Crippen LogP contribution >= 0.6 is 0 Å². The van der Waals surface area contributed by atoms with E-state index >= 15 is 0 Å². The maximum Gasteiger partial charge on any atom is 0.227 e. The first-order chi connectivity index (χ1) is 12.6. The summed E-state index contributed by atoms with van der Waals surface area (Å²) in [6, 6.07) is 18.7. The Bertz CT molecular complexity index is 916. The summed E-state index contributed by atoms with van der Waals surface area (Å²) in [5.74, 6) is 0.208. The van der Waals surface area contributed by atoms with E-state index in [2.05, 4.69) is 65.2 Å². The van der Waals surface area contributed by atoms with Gasteiger partial charge >= 0.3 is 0 Å². The molecule has 1 fully saturated rings. The molecule has 4 nitrogen and oxygen atoms in total. The van der Waals surface area contributed by atoms with Crippen molar-refractivity contribution in [1.29, 1.82) is 0 Å². The lowest BCUT2D eigenvalue weighted by atomic mass is 10.0. The summed E-state index contributed by atoms with van der Waals surface area (Å²) < 4.78 is 0. The molecule has 0 aliphatic carbocycles. The predicted molar refractivity (Wildman–Crippen MR) is 105 cm³/mol. The summed E-state index contributed by atoms with van der Waals surface area (Å²) in [6.07, 6.45) is 0.447. The van der Waals surface area contributed by atoms with Crippen LogP contribution in [0.2, 0.25) is 0 Å². The lowest BCUT2D eigenvalue weighted by Crippen LogP contribution is -2.49. The Kier molecular flexibility index (Phi) is 4.51. The third kappa shape index (κ3) is 3.13. The second-order valence-corrected chi connectivity index (χ2v) is 7.23. The number of nitrogens with zero attached hydrogens (tertiary/aromatic N) is 2. The number of nitrogens with one attached hydrogen (secondary N) is 1. The molecule has 0 spiro atoms. The lowest BCUT2D eigenvalue weighted by Gasteiger charge is -2.40. The number of amides is 1. The fraction of sp³-hybridized carbons (Fsp3) is 0.318. The molecule has 0 saturated carbocycles. The Balaban J connectivity index is 1.62.